The fraction of sp³-hybridized carbons (Fsp3) is 0.400. The van der Waals surface area contributed by atoms with Crippen molar-refractivity contribution >= 4 is 22.5 Å². The van der Waals surface area contributed by atoms with Crippen LogP contribution in [0.5, 0.6) is 11.6 Å². The standard InChI is InChI=1S/C15H19NO2S/c1-9(2)16-8-11-7-12(19-10(3)4)5-6-13(11)14(17)15(16)18/h5-10,17H,1-4H3/p+1. The van der Waals surface area contributed by atoms with Gasteiger partial charge in [0.2, 0.25) is 5.75 Å². The van der Waals surface area contributed by atoms with E-state index in [0.717, 1.165) is 5.39 Å². The van der Waals surface area contributed by atoms with Crippen LogP contribution in [0.2, 0.25) is 0 Å². The second-order valence-electron chi connectivity index (χ2n) is 5.22. The summed E-state index contributed by atoms with van der Waals surface area (Å²) in [6.45, 7) is 8.24. The molecule has 0 atom stereocenters. The first-order chi connectivity index (χ1) is 8.90. The second kappa shape index (κ2) is 5.29. The summed E-state index contributed by atoms with van der Waals surface area (Å²) in [4.78, 5) is 1.17. The third-order valence-corrected chi connectivity index (χ3v) is 3.94. The minimum Gasteiger partial charge on any atom is -0.499 e. The van der Waals surface area contributed by atoms with Gasteiger partial charge >= 0.3 is 5.88 Å². The molecule has 2 rings (SSSR count). The molecule has 0 radical (unpaired) electrons. The van der Waals surface area contributed by atoms with Crippen LogP contribution >= 0.6 is 11.8 Å². The van der Waals surface area contributed by atoms with Crippen molar-refractivity contribution in [2.45, 2.75) is 43.9 Å². The number of pyridine rings is 1. The summed E-state index contributed by atoms with van der Waals surface area (Å²) < 4.78 is 1.68. The quantitative estimate of drug-likeness (QED) is 0.666. The van der Waals surface area contributed by atoms with Crippen molar-refractivity contribution in [3.8, 4) is 11.6 Å². The smallest absolute Gasteiger partial charge is 0.409 e. The minimum absolute atomic E-state index is 0.0488. The van der Waals surface area contributed by atoms with E-state index in [1.807, 2.05) is 32.2 Å². The molecule has 2 aromatic rings. The molecule has 1 aromatic carbocycles. The highest BCUT2D eigenvalue weighted by atomic mass is 32.2. The van der Waals surface area contributed by atoms with Gasteiger partial charge in [-0.05, 0) is 32.0 Å². The van der Waals surface area contributed by atoms with Crippen molar-refractivity contribution in [1.82, 2.24) is 0 Å². The van der Waals surface area contributed by atoms with E-state index in [9.17, 15) is 10.2 Å². The Hall–Kier alpha value is -1.42. The van der Waals surface area contributed by atoms with Crippen LogP contribution in [0.3, 0.4) is 0 Å². The van der Waals surface area contributed by atoms with E-state index >= 15 is 0 Å². The van der Waals surface area contributed by atoms with E-state index in [1.165, 1.54) is 4.90 Å². The summed E-state index contributed by atoms with van der Waals surface area (Å²) in [5.41, 5.74) is 0. The lowest BCUT2D eigenvalue weighted by atomic mass is 10.1. The zero-order valence-electron chi connectivity index (χ0n) is 11.7. The Bertz CT molecular complexity index is 609. The molecule has 0 amide bonds. The number of thioether (sulfide) groups is 1. The molecule has 0 saturated carbocycles. The summed E-state index contributed by atoms with van der Waals surface area (Å²) in [5, 5.41) is 22.2. The van der Waals surface area contributed by atoms with Gasteiger partial charge in [0.05, 0.1) is 5.39 Å². The van der Waals surface area contributed by atoms with Crippen LogP contribution < -0.4 is 4.57 Å². The highest BCUT2D eigenvalue weighted by Crippen LogP contribution is 2.34. The molecule has 19 heavy (non-hydrogen) atoms. The molecule has 0 aliphatic heterocycles. The Kier molecular flexibility index (Phi) is 3.90. The molecule has 0 unspecified atom stereocenters. The molecule has 0 bridgehead atoms. The molecule has 0 spiro atoms. The number of benzene rings is 1. The monoisotopic (exact) mass is 278 g/mol. The molecule has 4 heteroatoms. The van der Waals surface area contributed by atoms with E-state index < -0.39 is 0 Å². The Morgan fingerprint density at radius 1 is 1.11 bits per heavy atom. The zero-order valence-corrected chi connectivity index (χ0v) is 12.5. The lowest BCUT2D eigenvalue weighted by molar-refractivity contribution is -0.720. The van der Waals surface area contributed by atoms with E-state index in [-0.39, 0.29) is 17.7 Å². The van der Waals surface area contributed by atoms with Gasteiger partial charge in [-0.1, -0.05) is 13.8 Å². The predicted octanol–water partition coefficient (Wildman–Crippen LogP) is 3.62. The third-order valence-electron chi connectivity index (χ3n) is 2.94. The van der Waals surface area contributed by atoms with Crippen molar-refractivity contribution in [2.24, 2.45) is 0 Å². The summed E-state index contributed by atoms with van der Waals surface area (Å²) in [6.07, 6.45) is 1.89. The Morgan fingerprint density at radius 3 is 2.37 bits per heavy atom. The second-order valence-corrected chi connectivity index (χ2v) is 6.87. The number of hydrogen-bond acceptors (Lipinski definition) is 3. The average molecular weight is 278 g/mol. The van der Waals surface area contributed by atoms with E-state index in [0.29, 0.717) is 10.6 Å². The maximum Gasteiger partial charge on any atom is 0.409 e. The molecule has 2 N–H and O–H groups in total. The molecular formula is C15H20NO2S+. The van der Waals surface area contributed by atoms with Gasteiger partial charge in [0.15, 0.2) is 12.2 Å². The Balaban J connectivity index is 2.61. The van der Waals surface area contributed by atoms with Crippen molar-refractivity contribution < 1.29 is 14.8 Å². The molecule has 102 valence electrons. The molecule has 1 aromatic heterocycles. The van der Waals surface area contributed by atoms with Gasteiger partial charge in [-0.15, -0.1) is 11.8 Å². The molecule has 0 aliphatic carbocycles. The lowest BCUT2D eigenvalue weighted by Gasteiger charge is -2.09. The molecule has 3 nitrogen and oxygen atoms in total. The molecule has 0 aliphatic rings. The molecular weight excluding hydrogens is 258 g/mol. The van der Waals surface area contributed by atoms with E-state index in [2.05, 4.69) is 19.9 Å². The first kappa shape index (κ1) is 14.0. The van der Waals surface area contributed by atoms with Gasteiger partial charge in [-0.25, -0.2) is 0 Å². The maximum atomic E-state index is 10.1. The fourth-order valence-corrected chi connectivity index (χ4v) is 2.94. The van der Waals surface area contributed by atoms with Crippen molar-refractivity contribution in [3.05, 3.63) is 24.4 Å². The van der Waals surface area contributed by atoms with Gasteiger partial charge in [0, 0.05) is 15.5 Å². The number of fused-ring (bicyclic) bond motifs is 1. The lowest BCUT2D eigenvalue weighted by Crippen LogP contribution is -2.35. The first-order valence-electron chi connectivity index (χ1n) is 6.46. The van der Waals surface area contributed by atoms with Crippen molar-refractivity contribution in [1.29, 1.82) is 0 Å². The van der Waals surface area contributed by atoms with Crippen LogP contribution in [0.25, 0.3) is 10.8 Å². The molecule has 0 fully saturated rings. The van der Waals surface area contributed by atoms with Crippen LogP contribution in [0, 0.1) is 0 Å². The van der Waals surface area contributed by atoms with Crippen LogP contribution in [-0.2, 0) is 0 Å². The number of hydrogen-bond donors (Lipinski definition) is 2. The Morgan fingerprint density at radius 2 is 1.79 bits per heavy atom. The van der Waals surface area contributed by atoms with Gasteiger partial charge in [0.1, 0.15) is 0 Å². The number of rotatable bonds is 3. The van der Waals surface area contributed by atoms with Gasteiger partial charge in [-0.2, -0.15) is 4.57 Å². The number of aromatic hydroxyl groups is 2. The predicted molar refractivity (Wildman–Crippen MR) is 78.9 cm³/mol. The number of aromatic nitrogens is 1. The topological polar surface area (TPSA) is 44.3 Å². The highest BCUT2D eigenvalue weighted by Gasteiger charge is 2.21. The maximum absolute atomic E-state index is 10.1. The minimum atomic E-state index is -0.0771. The van der Waals surface area contributed by atoms with Crippen LogP contribution in [0.15, 0.2) is 29.3 Å². The van der Waals surface area contributed by atoms with Gasteiger partial charge in [0.25, 0.3) is 0 Å². The average Bonchev–Trinajstić information content (AvgIpc) is 2.32. The van der Waals surface area contributed by atoms with Crippen molar-refractivity contribution in [2.75, 3.05) is 0 Å². The van der Waals surface area contributed by atoms with E-state index in [1.54, 1.807) is 16.3 Å². The summed E-state index contributed by atoms with van der Waals surface area (Å²) >= 11 is 1.78. The third kappa shape index (κ3) is 2.78. The molecule has 0 saturated heterocycles. The Labute approximate surface area is 117 Å². The van der Waals surface area contributed by atoms with Crippen LogP contribution in [-0.4, -0.2) is 15.5 Å². The summed E-state index contributed by atoms with van der Waals surface area (Å²) in [6, 6.07) is 5.99. The van der Waals surface area contributed by atoms with Crippen LogP contribution in [0.1, 0.15) is 33.7 Å². The highest BCUT2D eigenvalue weighted by molar-refractivity contribution is 7.99. The van der Waals surface area contributed by atoms with Gasteiger partial charge < -0.3 is 10.2 Å². The molecule has 1 heterocycles. The number of nitrogens with zero attached hydrogens (tertiary/aromatic N) is 1. The van der Waals surface area contributed by atoms with Crippen LogP contribution in [0.4, 0.5) is 0 Å². The first-order valence-corrected chi connectivity index (χ1v) is 7.34. The normalized spacial score (nSPS) is 11.7. The zero-order chi connectivity index (χ0) is 14.2. The largest absolute Gasteiger partial charge is 0.499 e. The van der Waals surface area contributed by atoms with E-state index in [4.69, 9.17) is 0 Å². The van der Waals surface area contributed by atoms with Gasteiger partial charge in [-0.3, -0.25) is 0 Å². The summed E-state index contributed by atoms with van der Waals surface area (Å²) in [7, 11) is 0. The SMILES string of the molecule is CC(C)Sc1ccc2c(O)c(O)[n+](C(C)C)cc2c1. The summed E-state index contributed by atoms with van der Waals surface area (Å²) in [5.74, 6) is -0.126. The fourth-order valence-electron chi connectivity index (χ4n) is 2.06. The van der Waals surface area contributed by atoms with Crippen molar-refractivity contribution in [3.63, 3.8) is 0 Å².